The molecule has 7 N–H and O–H groups in total. The Morgan fingerprint density at radius 2 is 1.36 bits per heavy atom. The maximum absolute atomic E-state index is 12.8. The van der Waals surface area contributed by atoms with Crippen molar-refractivity contribution in [3.63, 3.8) is 0 Å². The van der Waals surface area contributed by atoms with Gasteiger partial charge >= 0.3 is 11.9 Å². The first-order valence-electron chi connectivity index (χ1n) is 9.96. The molecule has 0 heterocycles. The van der Waals surface area contributed by atoms with Crippen molar-refractivity contribution >= 4 is 54.9 Å². The van der Waals surface area contributed by atoms with Crippen molar-refractivity contribution in [2.45, 2.75) is 43.4 Å². The van der Waals surface area contributed by atoms with E-state index in [-0.39, 0.29) is 24.3 Å². The number of nitrogens with one attached hydrogen (secondary N) is 3. The van der Waals surface area contributed by atoms with Gasteiger partial charge in [-0.3, -0.25) is 19.2 Å². The van der Waals surface area contributed by atoms with E-state index < -0.39 is 60.2 Å². The van der Waals surface area contributed by atoms with E-state index in [4.69, 9.17) is 10.8 Å². The minimum absolute atomic E-state index is 0.0154. The van der Waals surface area contributed by atoms with Crippen molar-refractivity contribution in [2.75, 3.05) is 11.5 Å². The molecule has 0 spiro atoms. The number of amides is 3. The van der Waals surface area contributed by atoms with Crippen LogP contribution in [-0.4, -0.2) is 75.5 Å². The zero-order chi connectivity index (χ0) is 25.0. The molecule has 4 unspecified atom stereocenters. The normalized spacial score (nSPS) is 14.3. The average Bonchev–Trinajstić information content (AvgIpc) is 2.78. The number of carboxylic acid groups (broad SMARTS) is 2. The molecule has 1 aromatic rings. The number of hydrogen-bond donors (Lipinski definition) is 8. The highest BCUT2D eigenvalue weighted by Crippen LogP contribution is 2.06. The van der Waals surface area contributed by atoms with Crippen molar-refractivity contribution in [1.29, 1.82) is 0 Å². The van der Waals surface area contributed by atoms with Gasteiger partial charge in [0, 0.05) is 24.3 Å². The lowest BCUT2D eigenvalue weighted by atomic mass is 10.0. The van der Waals surface area contributed by atoms with Crippen LogP contribution in [0.3, 0.4) is 0 Å². The Balaban J connectivity index is 2.93. The second kappa shape index (κ2) is 14.4. The number of carbonyl (C=O) groups is 5. The van der Waals surface area contributed by atoms with E-state index in [9.17, 15) is 29.1 Å². The number of aliphatic carboxylic acids is 2. The van der Waals surface area contributed by atoms with Crippen LogP contribution in [0.1, 0.15) is 18.4 Å². The summed E-state index contributed by atoms with van der Waals surface area (Å²) in [4.78, 5) is 60.0. The monoisotopic (exact) mass is 500 g/mol. The topological polar surface area (TPSA) is 188 Å². The van der Waals surface area contributed by atoms with Crippen molar-refractivity contribution < 1.29 is 34.2 Å². The van der Waals surface area contributed by atoms with E-state index in [0.717, 1.165) is 0 Å². The Kier molecular flexibility index (Phi) is 12.3. The fraction of sp³-hybridized carbons (Fsp3) is 0.450. The summed E-state index contributed by atoms with van der Waals surface area (Å²) in [6.07, 6.45) is -0.774. The zero-order valence-corrected chi connectivity index (χ0v) is 19.4. The van der Waals surface area contributed by atoms with Crippen LogP contribution in [-0.2, 0) is 30.4 Å². The second-order valence-corrected chi connectivity index (χ2v) is 7.85. The number of hydrogen-bond acceptors (Lipinski definition) is 8. The van der Waals surface area contributed by atoms with Gasteiger partial charge in [0.2, 0.25) is 17.7 Å². The van der Waals surface area contributed by atoms with Crippen LogP contribution >= 0.6 is 25.3 Å². The fourth-order valence-corrected chi connectivity index (χ4v) is 3.11. The molecule has 1 aromatic carbocycles. The molecule has 3 amide bonds. The summed E-state index contributed by atoms with van der Waals surface area (Å²) >= 11 is 7.93. The van der Waals surface area contributed by atoms with Gasteiger partial charge in [0.25, 0.3) is 0 Å². The van der Waals surface area contributed by atoms with E-state index in [1.165, 1.54) is 0 Å². The first-order chi connectivity index (χ1) is 15.6. The van der Waals surface area contributed by atoms with Gasteiger partial charge in [-0.2, -0.15) is 25.3 Å². The van der Waals surface area contributed by atoms with Gasteiger partial charge in [-0.15, -0.1) is 0 Å². The van der Waals surface area contributed by atoms with Gasteiger partial charge in [-0.25, -0.2) is 4.79 Å². The Hall–Kier alpha value is -2.77. The number of benzene rings is 1. The van der Waals surface area contributed by atoms with Gasteiger partial charge < -0.3 is 31.9 Å². The zero-order valence-electron chi connectivity index (χ0n) is 17.6. The van der Waals surface area contributed by atoms with Crippen LogP contribution in [0.15, 0.2) is 30.3 Å². The molecular formula is C20H28N4O7S2. The Morgan fingerprint density at radius 3 is 1.88 bits per heavy atom. The van der Waals surface area contributed by atoms with Crippen molar-refractivity contribution in [3.05, 3.63) is 35.9 Å². The van der Waals surface area contributed by atoms with Gasteiger partial charge in [-0.05, 0) is 12.0 Å². The predicted molar refractivity (Wildman–Crippen MR) is 126 cm³/mol. The van der Waals surface area contributed by atoms with E-state index in [2.05, 4.69) is 41.2 Å². The van der Waals surface area contributed by atoms with Crippen LogP contribution in [0.4, 0.5) is 0 Å². The smallest absolute Gasteiger partial charge is 0.326 e. The van der Waals surface area contributed by atoms with Crippen molar-refractivity contribution in [3.8, 4) is 0 Å². The summed E-state index contributed by atoms with van der Waals surface area (Å²) in [6, 6.07) is 3.80. The summed E-state index contributed by atoms with van der Waals surface area (Å²) in [5, 5.41) is 25.5. The SMILES string of the molecule is NC(CS)C(=O)NC(CS)C(=O)NC(CCC(=O)O)C(=O)NC(Cc1ccccc1)C(=O)O. The maximum atomic E-state index is 12.8. The van der Waals surface area contributed by atoms with Crippen LogP contribution in [0, 0.1) is 0 Å². The largest absolute Gasteiger partial charge is 0.481 e. The molecule has 11 nitrogen and oxygen atoms in total. The summed E-state index contributed by atoms with van der Waals surface area (Å²) in [7, 11) is 0. The molecule has 182 valence electrons. The molecule has 0 fully saturated rings. The second-order valence-electron chi connectivity index (χ2n) is 7.12. The quantitative estimate of drug-likeness (QED) is 0.147. The van der Waals surface area contributed by atoms with Gasteiger partial charge in [-0.1, -0.05) is 30.3 Å². The molecule has 0 aliphatic heterocycles. The Bertz CT molecular complexity index is 841. The van der Waals surface area contributed by atoms with Crippen LogP contribution < -0.4 is 21.7 Å². The molecule has 4 atom stereocenters. The van der Waals surface area contributed by atoms with E-state index in [0.29, 0.717) is 5.56 Å². The molecule has 1 rings (SSSR count). The number of nitrogens with two attached hydrogens (primary N) is 1. The van der Waals surface area contributed by atoms with E-state index >= 15 is 0 Å². The van der Waals surface area contributed by atoms with E-state index in [1.54, 1.807) is 30.3 Å². The highest BCUT2D eigenvalue weighted by Gasteiger charge is 2.30. The number of rotatable bonds is 14. The number of thiol groups is 2. The predicted octanol–water partition coefficient (Wildman–Crippen LogP) is -1.18. The van der Waals surface area contributed by atoms with E-state index in [1.807, 2.05) is 0 Å². The average molecular weight is 501 g/mol. The third-order valence-electron chi connectivity index (χ3n) is 4.53. The number of carboxylic acids is 2. The Labute approximate surface area is 201 Å². The fourth-order valence-electron chi connectivity index (χ4n) is 2.69. The standard InChI is InChI=1S/C20H28N4O7S2/c21-12(9-32)17(27)24-15(10-33)19(29)22-13(6-7-16(25)26)18(28)23-14(20(30)31)8-11-4-2-1-3-5-11/h1-5,12-15,32-33H,6-10,21H2,(H,22,29)(H,23,28)(H,24,27)(H,25,26)(H,30,31). The lowest BCUT2D eigenvalue weighted by molar-refractivity contribution is -0.143. The minimum Gasteiger partial charge on any atom is -0.481 e. The molecule has 0 aromatic heterocycles. The lowest BCUT2D eigenvalue weighted by Gasteiger charge is -2.24. The van der Waals surface area contributed by atoms with Crippen LogP contribution in [0.2, 0.25) is 0 Å². The van der Waals surface area contributed by atoms with Gasteiger partial charge in [0.05, 0.1) is 6.04 Å². The van der Waals surface area contributed by atoms with Crippen molar-refractivity contribution in [1.82, 2.24) is 16.0 Å². The number of carbonyl (C=O) groups excluding carboxylic acids is 3. The molecule has 0 saturated heterocycles. The summed E-state index contributed by atoms with van der Waals surface area (Å²) < 4.78 is 0. The van der Waals surface area contributed by atoms with Gasteiger partial charge in [0.1, 0.15) is 18.1 Å². The molecule has 0 aliphatic carbocycles. The summed E-state index contributed by atoms with van der Waals surface area (Å²) in [5.41, 5.74) is 6.23. The molecule has 33 heavy (non-hydrogen) atoms. The van der Waals surface area contributed by atoms with Crippen LogP contribution in [0.5, 0.6) is 0 Å². The van der Waals surface area contributed by atoms with Gasteiger partial charge in [0.15, 0.2) is 0 Å². The van der Waals surface area contributed by atoms with Crippen LogP contribution in [0.25, 0.3) is 0 Å². The third-order valence-corrected chi connectivity index (χ3v) is 5.28. The summed E-state index contributed by atoms with van der Waals surface area (Å²) in [6.45, 7) is 0. The molecular weight excluding hydrogens is 472 g/mol. The lowest BCUT2D eigenvalue weighted by Crippen LogP contribution is -2.58. The highest BCUT2D eigenvalue weighted by atomic mass is 32.1. The first kappa shape index (κ1) is 28.3. The Morgan fingerprint density at radius 1 is 0.818 bits per heavy atom. The third kappa shape index (κ3) is 10.1. The summed E-state index contributed by atoms with van der Waals surface area (Å²) in [5.74, 6) is -4.92. The molecule has 0 radical (unpaired) electrons. The first-order valence-corrected chi connectivity index (χ1v) is 11.2. The minimum atomic E-state index is -1.36. The molecule has 13 heteroatoms. The van der Waals surface area contributed by atoms with Crippen molar-refractivity contribution in [2.24, 2.45) is 5.73 Å². The molecule has 0 saturated carbocycles. The highest BCUT2D eigenvalue weighted by molar-refractivity contribution is 7.80. The molecule has 0 aliphatic rings. The maximum Gasteiger partial charge on any atom is 0.326 e. The molecule has 0 bridgehead atoms.